The van der Waals surface area contributed by atoms with Gasteiger partial charge in [-0.1, -0.05) is 6.92 Å². The van der Waals surface area contributed by atoms with Gasteiger partial charge in [-0.25, -0.2) is 0 Å². The monoisotopic (exact) mass is 174 g/mol. The molecule has 0 aliphatic carbocycles. The Morgan fingerprint density at radius 1 is 1.50 bits per heavy atom. The van der Waals surface area contributed by atoms with E-state index in [0.717, 1.165) is 0 Å². The second-order valence-corrected chi connectivity index (χ2v) is 3.41. The summed E-state index contributed by atoms with van der Waals surface area (Å²) in [5.74, 6) is 0.198. The number of rotatable bonds is 6. The average molecular weight is 174 g/mol. The van der Waals surface area contributed by atoms with E-state index in [1.54, 1.807) is 13.8 Å². The van der Waals surface area contributed by atoms with Gasteiger partial charge in [-0.05, 0) is 13.8 Å². The molecule has 0 spiro atoms. The quantitative estimate of drug-likeness (QED) is 0.657. The maximum Gasteiger partial charge on any atom is 0.134 e. The lowest BCUT2D eigenvalue weighted by Crippen LogP contribution is -2.29. The van der Waals surface area contributed by atoms with E-state index in [1.165, 1.54) is 0 Å². The lowest BCUT2D eigenvalue weighted by molar-refractivity contribution is -0.122. The van der Waals surface area contributed by atoms with Gasteiger partial charge in [-0.3, -0.25) is 4.79 Å². The van der Waals surface area contributed by atoms with Gasteiger partial charge >= 0.3 is 0 Å². The highest BCUT2D eigenvalue weighted by molar-refractivity contribution is 5.78. The van der Waals surface area contributed by atoms with Crippen LogP contribution in [0.4, 0.5) is 0 Å². The SMILES string of the molecule is CCC(=O)CCOC(C)(C)CO. The normalized spacial score (nSPS) is 11.7. The summed E-state index contributed by atoms with van der Waals surface area (Å²) in [4.78, 5) is 10.8. The molecule has 3 nitrogen and oxygen atoms in total. The lowest BCUT2D eigenvalue weighted by atomic mass is 10.1. The molecule has 0 unspecified atom stereocenters. The van der Waals surface area contributed by atoms with Crippen LogP contribution >= 0.6 is 0 Å². The molecule has 12 heavy (non-hydrogen) atoms. The molecule has 3 heteroatoms. The van der Waals surface area contributed by atoms with Gasteiger partial charge in [-0.15, -0.1) is 0 Å². The molecule has 0 aliphatic heterocycles. The Hall–Kier alpha value is -0.410. The number of Topliss-reactive ketones (excluding diaryl/α,β-unsaturated/α-hetero) is 1. The molecular formula is C9H18O3. The number of ketones is 1. The van der Waals surface area contributed by atoms with Gasteiger partial charge < -0.3 is 9.84 Å². The Morgan fingerprint density at radius 3 is 2.50 bits per heavy atom. The maximum atomic E-state index is 10.8. The Bertz CT molecular complexity index is 141. The fourth-order valence-electron chi connectivity index (χ4n) is 0.664. The van der Waals surface area contributed by atoms with E-state index in [9.17, 15) is 4.79 Å². The van der Waals surface area contributed by atoms with Crippen molar-refractivity contribution in [3.05, 3.63) is 0 Å². The van der Waals surface area contributed by atoms with Crippen LogP contribution in [0.3, 0.4) is 0 Å². The third kappa shape index (κ3) is 5.27. The van der Waals surface area contributed by atoms with Crippen molar-refractivity contribution in [2.24, 2.45) is 0 Å². The van der Waals surface area contributed by atoms with E-state index in [4.69, 9.17) is 9.84 Å². The summed E-state index contributed by atoms with van der Waals surface area (Å²) in [5.41, 5.74) is -0.520. The van der Waals surface area contributed by atoms with Gasteiger partial charge in [0.25, 0.3) is 0 Å². The Kier molecular flexibility index (Phi) is 5.09. The van der Waals surface area contributed by atoms with Gasteiger partial charge in [0.15, 0.2) is 0 Å². The number of hydrogen-bond acceptors (Lipinski definition) is 3. The summed E-state index contributed by atoms with van der Waals surface area (Å²) in [6.07, 6.45) is 1.00. The smallest absolute Gasteiger partial charge is 0.134 e. The van der Waals surface area contributed by atoms with Crippen LogP contribution in [0.15, 0.2) is 0 Å². The van der Waals surface area contributed by atoms with Crippen LogP contribution in [-0.4, -0.2) is 29.7 Å². The van der Waals surface area contributed by atoms with Gasteiger partial charge in [0.2, 0.25) is 0 Å². The lowest BCUT2D eigenvalue weighted by Gasteiger charge is -2.21. The molecule has 72 valence electrons. The summed E-state index contributed by atoms with van der Waals surface area (Å²) in [5, 5.41) is 8.81. The molecule has 0 aromatic rings. The van der Waals surface area contributed by atoms with Crippen molar-refractivity contribution in [2.45, 2.75) is 39.2 Å². The topological polar surface area (TPSA) is 46.5 Å². The molecule has 0 bridgehead atoms. The van der Waals surface area contributed by atoms with Crippen LogP contribution in [-0.2, 0) is 9.53 Å². The predicted octanol–water partition coefficient (Wildman–Crippen LogP) is 1.14. The number of carbonyl (C=O) groups excluding carboxylic acids is 1. The van der Waals surface area contributed by atoms with Crippen LogP contribution in [0.25, 0.3) is 0 Å². The minimum Gasteiger partial charge on any atom is -0.393 e. The van der Waals surface area contributed by atoms with Crippen LogP contribution < -0.4 is 0 Å². The summed E-state index contributed by atoms with van der Waals surface area (Å²) >= 11 is 0. The largest absolute Gasteiger partial charge is 0.393 e. The average Bonchev–Trinajstić information content (AvgIpc) is 2.04. The first-order valence-electron chi connectivity index (χ1n) is 4.28. The molecule has 0 radical (unpaired) electrons. The molecule has 0 amide bonds. The van der Waals surface area contributed by atoms with E-state index >= 15 is 0 Å². The number of aliphatic hydroxyl groups is 1. The first kappa shape index (κ1) is 11.6. The molecule has 0 saturated carbocycles. The molecule has 0 aromatic heterocycles. The number of carbonyl (C=O) groups is 1. The molecule has 0 aliphatic rings. The maximum absolute atomic E-state index is 10.8. The summed E-state index contributed by atoms with van der Waals surface area (Å²) in [7, 11) is 0. The van der Waals surface area contributed by atoms with Gasteiger partial charge in [-0.2, -0.15) is 0 Å². The van der Waals surface area contributed by atoms with Crippen molar-refractivity contribution >= 4 is 5.78 Å². The van der Waals surface area contributed by atoms with Crippen LogP contribution in [0, 0.1) is 0 Å². The summed E-state index contributed by atoms with van der Waals surface area (Å²) < 4.78 is 5.28. The van der Waals surface area contributed by atoms with Gasteiger partial charge in [0, 0.05) is 12.8 Å². The minimum absolute atomic E-state index is 0.0205. The van der Waals surface area contributed by atoms with Gasteiger partial charge in [0.1, 0.15) is 5.78 Å². The molecule has 0 fully saturated rings. The van der Waals surface area contributed by atoms with Crippen LogP contribution in [0.1, 0.15) is 33.6 Å². The second kappa shape index (κ2) is 5.27. The second-order valence-electron chi connectivity index (χ2n) is 3.41. The van der Waals surface area contributed by atoms with Crippen LogP contribution in [0.2, 0.25) is 0 Å². The zero-order chi connectivity index (χ0) is 9.61. The first-order chi connectivity index (χ1) is 5.52. The van der Waals surface area contributed by atoms with Crippen molar-refractivity contribution in [3.8, 4) is 0 Å². The van der Waals surface area contributed by atoms with E-state index in [-0.39, 0.29) is 12.4 Å². The Labute approximate surface area is 73.7 Å². The molecule has 0 atom stereocenters. The molecule has 0 rings (SSSR count). The van der Waals surface area contributed by atoms with E-state index in [2.05, 4.69) is 0 Å². The molecule has 0 saturated heterocycles. The van der Waals surface area contributed by atoms with Crippen molar-refractivity contribution in [2.75, 3.05) is 13.2 Å². The zero-order valence-electron chi connectivity index (χ0n) is 8.09. The van der Waals surface area contributed by atoms with Crippen LogP contribution in [0.5, 0.6) is 0 Å². The Morgan fingerprint density at radius 2 is 2.08 bits per heavy atom. The fourth-order valence-corrected chi connectivity index (χ4v) is 0.664. The van der Waals surface area contributed by atoms with E-state index in [1.807, 2.05) is 6.92 Å². The van der Waals surface area contributed by atoms with Crippen molar-refractivity contribution in [3.63, 3.8) is 0 Å². The molecule has 1 N–H and O–H groups in total. The van der Waals surface area contributed by atoms with Crippen molar-refractivity contribution in [1.82, 2.24) is 0 Å². The first-order valence-corrected chi connectivity index (χ1v) is 4.28. The van der Waals surface area contributed by atoms with Crippen molar-refractivity contribution < 1.29 is 14.6 Å². The number of ether oxygens (including phenoxy) is 1. The third-order valence-electron chi connectivity index (χ3n) is 1.65. The Balaban J connectivity index is 3.49. The predicted molar refractivity (Wildman–Crippen MR) is 47.0 cm³/mol. The standard InChI is InChI=1S/C9H18O3/c1-4-8(11)5-6-12-9(2,3)7-10/h10H,4-7H2,1-3H3. The highest BCUT2D eigenvalue weighted by atomic mass is 16.5. The van der Waals surface area contributed by atoms with Crippen molar-refractivity contribution in [1.29, 1.82) is 0 Å². The molecule has 0 heterocycles. The number of hydrogen-bond donors (Lipinski definition) is 1. The van der Waals surface area contributed by atoms with E-state index < -0.39 is 5.60 Å². The zero-order valence-corrected chi connectivity index (χ0v) is 8.09. The third-order valence-corrected chi connectivity index (χ3v) is 1.65. The number of aliphatic hydroxyl groups excluding tert-OH is 1. The summed E-state index contributed by atoms with van der Waals surface area (Å²) in [6, 6.07) is 0. The summed E-state index contributed by atoms with van der Waals surface area (Å²) in [6.45, 7) is 5.81. The highest BCUT2D eigenvalue weighted by Crippen LogP contribution is 2.07. The fraction of sp³-hybridized carbons (Fsp3) is 0.889. The molecular weight excluding hydrogens is 156 g/mol. The highest BCUT2D eigenvalue weighted by Gasteiger charge is 2.16. The van der Waals surface area contributed by atoms with E-state index in [0.29, 0.717) is 19.4 Å². The van der Waals surface area contributed by atoms with Gasteiger partial charge in [0.05, 0.1) is 18.8 Å². The minimum atomic E-state index is -0.520. The molecule has 0 aromatic carbocycles.